The van der Waals surface area contributed by atoms with Crippen LogP contribution in [-0.2, 0) is 16.1 Å². The molecule has 0 spiro atoms. The SMILES string of the molecule is CC1=C(C(=O)OCc2ccc(-n3cccn3)cc2)C(c2cccc3ccccc23)n2nnnc2N1. The molecule has 0 amide bonds. The van der Waals surface area contributed by atoms with Crippen molar-refractivity contribution >= 4 is 22.7 Å². The van der Waals surface area contributed by atoms with Crippen LogP contribution >= 0.6 is 0 Å². The molecule has 9 heteroatoms. The molecule has 0 aliphatic carbocycles. The van der Waals surface area contributed by atoms with Crippen molar-refractivity contribution in [3.05, 3.63) is 108 Å². The van der Waals surface area contributed by atoms with Crippen LogP contribution in [0.4, 0.5) is 5.95 Å². The lowest BCUT2D eigenvalue weighted by Crippen LogP contribution is -2.29. The number of ether oxygens (including phenoxy) is 1. The summed E-state index contributed by atoms with van der Waals surface area (Å²) in [6.45, 7) is 1.98. The van der Waals surface area contributed by atoms with Gasteiger partial charge in [-0.1, -0.05) is 59.7 Å². The van der Waals surface area contributed by atoms with Crippen molar-refractivity contribution in [3.8, 4) is 5.69 Å². The maximum absolute atomic E-state index is 13.5. The van der Waals surface area contributed by atoms with Crippen LogP contribution in [0.3, 0.4) is 0 Å². The van der Waals surface area contributed by atoms with Gasteiger partial charge in [-0.05, 0) is 57.4 Å². The minimum Gasteiger partial charge on any atom is -0.457 e. The van der Waals surface area contributed by atoms with Gasteiger partial charge in [0.25, 0.3) is 0 Å². The van der Waals surface area contributed by atoms with Crippen LogP contribution in [-0.4, -0.2) is 36.0 Å². The quantitative estimate of drug-likeness (QED) is 0.393. The highest BCUT2D eigenvalue weighted by molar-refractivity contribution is 5.95. The van der Waals surface area contributed by atoms with E-state index in [2.05, 4.69) is 25.9 Å². The normalized spacial score (nSPS) is 15.1. The summed E-state index contributed by atoms with van der Waals surface area (Å²) >= 11 is 0. The first-order valence-electron chi connectivity index (χ1n) is 11.2. The van der Waals surface area contributed by atoms with E-state index >= 15 is 0 Å². The highest BCUT2D eigenvalue weighted by atomic mass is 16.5. The molecule has 2 aromatic heterocycles. The second-order valence-corrected chi connectivity index (χ2v) is 8.27. The molecular formula is C26H21N7O2. The first kappa shape index (κ1) is 20.8. The standard InChI is InChI=1S/C26H21N7O2/c1-17-23(25(34)35-16-18-10-12-20(13-11-18)32-15-5-14-27-32)24(33-26(28-17)29-30-31-33)22-9-4-7-19-6-2-3-8-21(19)22/h2-15,24H,16H2,1H3,(H,28,29,31). The zero-order chi connectivity index (χ0) is 23.8. The fraction of sp³-hybridized carbons (Fsp3) is 0.115. The van der Waals surface area contributed by atoms with Gasteiger partial charge >= 0.3 is 5.97 Å². The molecule has 1 N–H and O–H groups in total. The lowest BCUT2D eigenvalue weighted by molar-refractivity contribution is -0.140. The maximum atomic E-state index is 13.5. The molecule has 0 radical (unpaired) electrons. The van der Waals surface area contributed by atoms with Crippen molar-refractivity contribution in [2.24, 2.45) is 0 Å². The Bertz CT molecular complexity index is 1550. The molecule has 1 aliphatic heterocycles. The monoisotopic (exact) mass is 463 g/mol. The van der Waals surface area contributed by atoms with Crippen molar-refractivity contribution < 1.29 is 9.53 Å². The highest BCUT2D eigenvalue weighted by Crippen LogP contribution is 2.38. The Morgan fingerprint density at radius 1 is 1.03 bits per heavy atom. The summed E-state index contributed by atoms with van der Waals surface area (Å²) in [7, 11) is 0. The van der Waals surface area contributed by atoms with Crippen molar-refractivity contribution in [1.29, 1.82) is 0 Å². The molecule has 3 aromatic carbocycles. The first-order valence-corrected chi connectivity index (χ1v) is 11.2. The van der Waals surface area contributed by atoms with Gasteiger partial charge in [0.1, 0.15) is 12.6 Å². The van der Waals surface area contributed by atoms with Crippen molar-refractivity contribution in [2.75, 3.05) is 5.32 Å². The van der Waals surface area contributed by atoms with E-state index in [1.54, 1.807) is 15.6 Å². The Kier molecular flexibility index (Phi) is 5.07. The number of fused-ring (bicyclic) bond motifs is 2. The van der Waals surface area contributed by atoms with E-state index < -0.39 is 12.0 Å². The average molecular weight is 464 g/mol. The van der Waals surface area contributed by atoms with E-state index in [1.165, 1.54) is 0 Å². The number of esters is 1. The highest BCUT2D eigenvalue weighted by Gasteiger charge is 2.35. The van der Waals surface area contributed by atoms with Gasteiger partial charge in [0.05, 0.1) is 11.3 Å². The van der Waals surface area contributed by atoms with E-state index in [4.69, 9.17) is 4.74 Å². The summed E-state index contributed by atoms with van der Waals surface area (Å²) in [5.74, 6) is 0.0523. The summed E-state index contributed by atoms with van der Waals surface area (Å²) in [5, 5.41) is 21.5. The Labute approximate surface area is 200 Å². The van der Waals surface area contributed by atoms with Crippen LogP contribution in [0.25, 0.3) is 16.5 Å². The number of rotatable bonds is 5. The van der Waals surface area contributed by atoms with Crippen molar-refractivity contribution in [3.63, 3.8) is 0 Å². The number of nitrogens with zero attached hydrogens (tertiary/aromatic N) is 6. The topological polar surface area (TPSA) is 99.8 Å². The number of aromatic nitrogens is 6. The van der Waals surface area contributed by atoms with Gasteiger partial charge in [-0.15, -0.1) is 0 Å². The number of carbonyl (C=O) groups is 1. The second kappa shape index (κ2) is 8.53. The molecule has 172 valence electrons. The van der Waals surface area contributed by atoms with Crippen molar-refractivity contribution in [2.45, 2.75) is 19.6 Å². The fourth-order valence-electron chi connectivity index (χ4n) is 4.45. The predicted octanol–water partition coefficient (Wildman–Crippen LogP) is 4.04. The van der Waals surface area contributed by atoms with Gasteiger partial charge < -0.3 is 10.1 Å². The number of benzene rings is 3. The Morgan fingerprint density at radius 3 is 2.69 bits per heavy atom. The molecule has 0 bridgehead atoms. The summed E-state index contributed by atoms with van der Waals surface area (Å²) < 4.78 is 9.19. The Balaban J connectivity index is 1.31. The maximum Gasteiger partial charge on any atom is 0.338 e. The molecule has 35 heavy (non-hydrogen) atoms. The lowest BCUT2D eigenvalue weighted by Gasteiger charge is -2.28. The number of tetrazole rings is 1. The van der Waals surface area contributed by atoms with E-state index in [1.807, 2.05) is 85.9 Å². The van der Waals surface area contributed by atoms with E-state index in [9.17, 15) is 4.79 Å². The number of anilines is 1. The second-order valence-electron chi connectivity index (χ2n) is 8.27. The smallest absolute Gasteiger partial charge is 0.338 e. The first-order chi connectivity index (χ1) is 17.2. The minimum atomic E-state index is -0.526. The number of nitrogens with one attached hydrogen (secondary N) is 1. The van der Waals surface area contributed by atoms with Gasteiger partial charge in [-0.3, -0.25) is 0 Å². The molecule has 0 saturated heterocycles. The molecule has 6 rings (SSSR count). The molecule has 1 aliphatic rings. The summed E-state index contributed by atoms with van der Waals surface area (Å²) in [6, 6.07) is 23.1. The van der Waals surface area contributed by atoms with Gasteiger partial charge in [0, 0.05) is 18.1 Å². The third-order valence-electron chi connectivity index (χ3n) is 6.13. The zero-order valence-corrected chi connectivity index (χ0v) is 18.9. The van der Waals surface area contributed by atoms with Crippen molar-refractivity contribution in [1.82, 2.24) is 30.0 Å². The van der Waals surface area contributed by atoms with E-state index in [0.717, 1.165) is 27.6 Å². The van der Waals surface area contributed by atoms with Gasteiger partial charge in [-0.2, -0.15) is 9.78 Å². The third-order valence-corrected chi connectivity index (χ3v) is 6.13. The zero-order valence-electron chi connectivity index (χ0n) is 18.9. The van der Waals surface area contributed by atoms with Gasteiger partial charge in [-0.25, -0.2) is 9.48 Å². The number of allylic oxidation sites excluding steroid dienone is 1. The van der Waals surface area contributed by atoms with E-state index in [0.29, 0.717) is 17.2 Å². The molecule has 9 nitrogen and oxygen atoms in total. The van der Waals surface area contributed by atoms with Crippen LogP contribution in [0.1, 0.15) is 24.1 Å². The van der Waals surface area contributed by atoms with E-state index in [-0.39, 0.29) is 6.61 Å². The largest absolute Gasteiger partial charge is 0.457 e. The summed E-state index contributed by atoms with van der Waals surface area (Å²) in [6.07, 6.45) is 3.60. The van der Waals surface area contributed by atoms with Crippen LogP contribution in [0.15, 0.2) is 96.5 Å². The number of hydrogen-bond acceptors (Lipinski definition) is 7. The van der Waals surface area contributed by atoms with Crippen LogP contribution in [0.5, 0.6) is 0 Å². The van der Waals surface area contributed by atoms with Gasteiger partial charge in [0.15, 0.2) is 0 Å². The average Bonchev–Trinajstić information content (AvgIpc) is 3.59. The molecule has 5 aromatic rings. The number of carbonyl (C=O) groups excluding carboxylic acids is 1. The van der Waals surface area contributed by atoms with Gasteiger partial charge in [0.2, 0.25) is 5.95 Å². The number of hydrogen-bond donors (Lipinski definition) is 1. The fourth-order valence-corrected chi connectivity index (χ4v) is 4.45. The van der Waals surface area contributed by atoms with Crippen LogP contribution in [0.2, 0.25) is 0 Å². The van der Waals surface area contributed by atoms with Crippen LogP contribution < -0.4 is 5.32 Å². The molecule has 1 atom stereocenters. The summed E-state index contributed by atoms with van der Waals surface area (Å²) in [4.78, 5) is 13.5. The molecule has 3 heterocycles. The summed E-state index contributed by atoms with van der Waals surface area (Å²) in [5.41, 5.74) is 3.86. The lowest BCUT2D eigenvalue weighted by atomic mass is 9.91. The Morgan fingerprint density at radius 2 is 1.86 bits per heavy atom. The third kappa shape index (κ3) is 3.72. The molecule has 0 fully saturated rings. The molecule has 1 unspecified atom stereocenters. The predicted molar refractivity (Wildman–Crippen MR) is 130 cm³/mol. The Hall–Kier alpha value is -4.79. The minimum absolute atomic E-state index is 0.139. The molecular weight excluding hydrogens is 442 g/mol. The molecule has 0 saturated carbocycles. The van der Waals surface area contributed by atoms with Crippen LogP contribution in [0, 0.1) is 0 Å².